The van der Waals surface area contributed by atoms with E-state index < -0.39 is 10.8 Å². The Morgan fingerprint density at radius 2 is 2.24 bits per heavy atom. The highest BCUT2D eigenvalue weighted by Gasteiger charge is 2.24. The molecule has 1 aromatic heterocycles. The third-order valence-corrected chi connectivity index (χ3v) is 5.78. The molecule has 2 heterocycles. The smallest absolute Gasteiger partial charge is 0.182 e. The number of thiazole rings is 1. The van der Waals surface area contributed by atoms with Gasteiger partial charge in [0.15, 0.2) is 4.34 Å². The van der Waals surface area contributed by atoms with Crippen molar-refractivity contribution < 1.29 is 4.21 Å². The molecule has 1 aromatic carbocycles. The highest BCUT2D eigenvalue weighted by Crippen LogP contribution is 2.26. The van der Waals surface area contributed by atoms with Gasteiger partial charge in [0, 0.05) is 6.54 Å². The van der Waals surface area contributed by atoms with E-state index in [2.05, 4.69) is 10.3 Å². The number of aromatic nitrogens is 1. The van der Waals surface area contributed by atoms with Gasteiger partial charge in [-0.2, -0.15) is 0 Å². The SMILES string of the molecule is Cl.O=S(c1nc2ccccc2s1)C1CCNC1. The summed E-state index contributed by atoms with van der Waals surface area (Å²) in [5.74, 6) is 0. The van der Waals surface area contributed by atoms with Crippen LogP contribution in [0.1, 0.15) is 6.42 Å². The molecule has 3 nitrogen and oxygen atoms in total. The molecule has 3 rings (SSSR count). The molecule has 1 aliphatic heterocycles. The zero-order chi connectivity index (χ0) is 11.0. The molecule has 0 amide bonds. The van der Waals surface area contributed by atoms with Crippen molar-refractivity contribution in [3.63, 3.8) is 0 Å². The van der Waals surface area contributed by atoms with E-state index in [0.29, 0.717) is 0 Å². The van der Waals surface area contributed by atoms with Crippen molar-refractivity contribution in [3.05, 3.63) is 24.3 Å². The first-order valence-corrected chi connectivity index (χ1v) is 7.34. The van der Waals surface area contributed by atoms with Crippen molar-refractivity contribution in [1.29, 1.82) is 0 Å². The maximum Gasteiger partial charge on any atom is 0.182 e. The van der Waals surface area contributed by atoms with Gasteiger partial charge in [-0.3, -0.25) is 4.21 Å². The summed E-state index contributed by atoms with van der Waals surface area (Å²) in [6, 6.07) is 7.95. The summed E-state index contributed by atoms with van der Waals surface area (Å²) < 4.78 is 14.1. The Balaban J connectivity index is 0.00000108. The average Bonchev–Trinajstić information content (AvgIpc) is 2.97. The predicted molar refractivity (Wildman–Crippen MR) is 74.6 cm³/mol. The quantitative estimate of drug-likeness (QED) is 0.921. The van der Waals surface area contributed by atoms with E-state index in [1.54, 1.807) is 11.3 Å². The van der Waals surface area contributed by atoms with E-state index in [1.807, 2.05) is 24.3 Å². The fourth-order valence-corrected chi connectivity index (χ4v) is 4.67. The molecule has 1 fully saturated rings. The van der Waals surface area contributed by atoms with Crippen LogP contribution in [0.4, 0.5) is 0 Å². The van der Waals surface area contributed by atoms with Gasteiger partial charge >= 0.3 is 0 Å². The van der Waals surface area contributed by atoms with Crippen molar-refractivity contribution in [2.24, 2.45) is 0 Å². The topological polar surface area (TPSA) is 42.0 Å². The first-order valence-electron chi connectivity index (χ1n) is 5.31. The largest absolute Gasteiger partial charge is 0.315 e. The number of para-hydroxylation sites is 1. The van der Waals surface area contributed by atoms with E-state index in [0.717, 1.165) is 34.1 Å². The summed E-state index contributed by atoms with van der Waals surface area (Å²) >= 11 is 1.55. The number of benzene rings is 1. The van der Waals surface area contributed by atoms with Gasteiger partial charge in [-0.05, 0) is 25.1 Å². The third kappa shape index (κ3) is 2.52. The Morgan fingerprint density at radius 1 is 1.41 bits per heavy atom. The lowest BCUT2D eigenvalue weighted by molar-refractivity contribution is 0.672. The minimum absolute atomic E-state index is 0. The van der Waals surface area contributed by atoms with Crippen LogP contribution < -0.4 is 5.32 Å². The third-order valence-electron chi connectivity index (χ3n) is 2.76. The van der Waals surface area contributed by atoms with Crippen LogP contribution in [0, 0.1) is 0 Å². The zero-order valence-corrected chi connectivity index (χ0v) is 11.5. The van der Waals surface area contributed by atoms with Crippen molar-refractivity contribution >= 4 is 44.8 Å². The predicted octanol–water partition coefficient (Wildman–Crippen LogP) is 2.19. The molecule has 2 unspecified atom stereocenters. The first-order chi connectivity index (χ1) is 7.84. The second-order valence-corrected chi connectivity index (χ2v) is 6.80. The fourth-order valence-electron chi connectivity index (χ4n) is 1.89. The molecule has 0 saturated carbocycles. The Hall–Kier alpha value is -0.490. The van der Waals surface area contributed by atoms with E-state index in [9.17, 15) is 4.21 Å². The molecule has 6 heteroatoms. The molecule has 92 valence electrons. The van der Waals surface area contributed by atoms with Gasteiger partial charge in [-0.15, -0.1) is 23.7 Å². The van der Waals surface area contributed by atoms with Crippen molar-refractivity contribution in [1.82, 2.24) is 10.3 Å². The summed E-state index contributed by atoms with van der Waals surface area (Å²) in [5, 5.41) is 3.48. The van der Waals surface area contributed by atoms with Gasteiger partial charge < -0.3 is 5.32 Å². The molecule has 2 aromatic rings. The van der Waals surface area contributed by atoms with Gasteiger partial charge in [0.2, 0.25) is 0 Å². The van der Waals surface area contributed by atoms with E-state index >= 15 is 0 Å². The number of halogens is 1. The molecule has 2 atom stereocenters. The van der Waals surface area contributed by atoms with Crippen LogP contribution >= 0.6 is 23.7 Å². The minimum atomic E-state index is -0.946. The van der Waals surface area contributed by atoms with Crippen LogP contribution in [-0.2, 0) is 10.8 Å². The molecule has 1 aliphatic rings. The van der Waals surface area contributed by atoms with E-state index in [-0.39, 0.29) is 17.7 Å². The maximum absolute atomic E-state index is 12.2. The number of nitrogens with zero attached hydrogens (tertiary/aromatic N) is 1. The molecule has 1 N–H and O–H groups in total. The zero-order valence-electron chi connectivity index (χ0n) is 9.09. The molecular weight excluding hydrogens is 276 g/mol. The van der Waals surface area contributed by atoms with Crippen LogP contribution in [0.3, 0.4) is 0 Å². The maximum atomic E-state index is 12.2. The van der Waals surface area contributed by atoms with Crippen molar-refractivity contribution in [2.75, 3.05) is 13.1 Å². The molecule has 0 radical (unpaired) electrons. The number of fused-ring (bicyclic) bond motifs is 1. The first kappa shape index (κ1) is 13.0. The second kappa shape index (κ2) is 5.44. The number of hydrogen-bond donors (Lipinski definition) is 1. The van der Waals surface area contributed by atoms with Crippen LogP contribution in [0.15, 0.2) is 28.6 Å². The molecule has 17 heavy (non-hydrogen) atoms. The van der Waals surface area contributed by atoms with Crippen LogP contribution in [0.5, 0.6) is 0 Å². The van der Waals surface area contributed by atoms with Gasteiger partial charge in [0.1, 0.15) is 0 Å². The highest BCUT2D eigenvalue weighted by molar-refractivity contribution is 7.88. The Labute approximate surface area is 113 Å². The Morgan fingerprint density at radius 3 is 2.94 bits per heavy atom. The highest BCUT2D eigenvalue weighted by atomic mass is 35.5. The summed E-state index contributed by atoms with van der Waals surface area (Å²) in [4.78, 5) is 4.45. The number of rotatable bonds is 2. The van der Waals surface area contributed by atoms with Crippen LogP contribution in [0.25, 0.3) is 10.2 Å². The number of nitrogens with one attached hydrogen (secondary N) is 1. The van der Waals surface area contributed by atoms with Gasteiger partial charge in [0.05, 0.1) is 26.3 Å². The minimum Gasteiger partial charge on any atom is -0.315 e. The molecule has 0 bridgehead atoms. The van der Waals surface area contributed by atoms with Crippen molar-refractivity contribution in [3.8, 4) is 0 Å². The lowest BCUT2D eigenvalue weighted by Gasteiger charge is -2.03. The molecule has 1 saturated heterocycles. The van der Waals surface area contributed by atoms with Gasteiger partial charge in [-0.25, -0.2) is 4.98 Å². The van der Waals surface area contributed by atoms with Gasteiger partial charge in [-0.1, -0.05) is 12.1 Å². The van der Waals surface area contributed by atoms with Crippen molar-refractivity contribution in [2.45, 2.75) is 16.0 Å². The molecule has 0 spiro atoms. The average molecular weight is 289 g/mol. The number of hydrogen-bond acceptors (Lipinski definition) is 4. The Kier molecular flexibility index (Phi) is 4.14. The second-order valence-electron chi connectivity index (χ2n) is 3.86. The summed E-state index contributed by atoms with van der Waals surface area (Å²) in [6.45, 7) is 1.82. The van der Waals surface area contributed by atoms with Gasteiger partial charge in [0.25, 0.3) is 0 Å². The molecule has 0 aliphatic carbocycles. The lowest BCUT2D eigenvalue weighted by Crippen LogP contribution is -2.18. The fraction of sp³-hybridized carbons (Fsp3) is 0.364. The van der Waals surface area contributed by atoms with Crippen LogP contribution in [-0.4, -0.2) is 27.5 Å². The van der Waals surface area contributed by atoms with Crippen LogP contribution in [0.2, 0.25) is 0 Å². The van der Waals surface area contributed by atoms with E-state index in [1.165, 1.54) is 0 Å². The van der Waals surface area contributed by atoms with E-state index in [4.69, 9.17) is 0 Å². The summed E-state index contributed by atoms with van der Waals surface area (Å²) in [6.07, 6.45) is 0.989. The lowest BCUT2D eigenvalue weighted by atomic mass is 10.3. The summed E-state index contributed by atoms with van der Waals surface area (Å²) in [7, 11) is -0.946. The summed E-state index contributed by atoms with van der Waals surface area (Å²) in [5.41, 5.74) is 0.960. The Bertz CT molecular complexity index is 504. The molecular formula is C11H13ClN2OS2. The standard InChI is InChI=1S/C11H12N2OS2.ClH/c14-16(8-5-6-12-7-8)11-13-9-3-1-2-4-10(9)15-11;/h1-4,8,12H,5-7H2;1H. The normalized spacial score (nSPS) is 21.3. The monoisotopic (exact) mass is 288 g/mol.